The molecule has 2 N–H and O–H groups in total. The van der Waals surface area contributed by atoms with Crippen molar-refractivity contribution in [1.82, 2.24) is 0 Å². The van der Waals surface area contributed by atoms with Crippen LogP contribution in [-0.4, -0.2) is 19.3 Å². The average molecular weight is 253 g/mol. The van der Waals surface area contributed by atoms with E-state index in [1.165, 1.54) is 16.7 Å². The van der Waals surface area contributed by atoms with Gasteiger partial charge in [0.2, 0.25) is 0 Å². The van der Waals surface area contributed by atoms with Crippen LogP contribution in [0.4, 0.5) is 0 Å². The molecule has 0 spiro atoms. The standard InChI is InChI=1S/C17H19NO/c18-17-10-11-19-12-16(17)15-8-6-14(7-9-15)13-4-2-1-3-5-13/h1-9,16-17H,10-12,18H2/t16-,17-/m1/s1. The summed E-state index contributed by atoms with van der Waals surface area (Å²) in [5.74, 6) is 0.332. The SMILES string of the molecule is N[C@@H]1CCOC[C@@H]1c1ccc(-c2ccccc2)cc1. The molecule has 2 heteroatoms. The number of hydrogen-bond donors (Lipinski definition) is 1. The Labute approximate surface area is 114 Å². The van der Waals surface area contributed by atoms with E-state index >= 15 is 0 Å². The third kappa shape index (κ3) is 2.70. The van der Waals surface area contributed by atoms with Gasteiger partial charge in [-0.3, -0.25) is 0 Å². The Morgan fingerprint density at radius 3 is 2.26 bits per heavy atom. The molecule has 2 nitrogen and oxygen atoms in total. The minimum Gasteiger partial charge on any atom is -0.381 e. The van der Waals surface area contributed by atoms with Crippen LogP contribution in [0, 0.1) is 0 Å². The van der Waals surface area contributed by atoms with E-state index in [1.54, 1.807) is 0 Å². The van der Waals surface area contributed by atoms with Crippen LogP contribution in [0.3, 0.4) is 0 Å². The maximum Gasteiger partial charge on any atom is 0.0549 e. The van der Waals surface area contributed by atoms with Crippen molar-refractivity contribution in [3.05, 3.63) is 60.2 Å². The number of rotatable bonds is 2. The molecule has 1 aliphatic rings. The summed E-state index contributed by atoms with van der Waals surface area (Å²) in [7, 11) is 0. The highest BCUT2D eigenvalue weighted by Crippen LogP contribution is 2.27. The summed E-state index contributed by atoms with van der Waals surface area (Å²) in [5.41, 5.74) is 9.96. The van der Waals surface area contributed by atoms with Gasteiger partial charge in [-0.1, -0.05) is 54.6 Å². The van der Waals surface area contributed by atoms with Gasteiger partial charge in [-0.2, -0.15) is 0 Å². The van der Waals surface area contributed by atoms with E-state index in [4.69, 9.17) is 10.5 Å². The van der Waals surface area contributed by atoms with Crippen molar-refractivity contribution in [3.8, 4) is 11.1 Å². The first-order chi connectivity index (χ1) is 9.34. The van der Waals surface area contributed by atoms with Crippen molar-refractivity contribution in [2.45, 2.75) is 18.4 Å². The second-order valence-electron chi connectivity index (χ2n) is 5.12. The summed E-state index contributed by atoms with van der Waals surface area (Å²) < 4.78 is 5.54. The predicted molar refractivity (Wildman–Crippen MR) is 78.0 cm³/mol. The van der Waals surface area contributed by atoms with Crippen LogP contribution in [-0.2, 0) is 4.74 Å². The Bertz CT molecular complexity index is 521. The fraction of sp³-hybridized carbons (Fsp3) is 0.294. The fourth-order valence-electron chi connectivity index (χ4n) is 2.65. The second-order valence-corrected chi connectivity index (χ2v) is 5.12. The smallest absolute Gasteiger partial charge is 0.0549 e. The Kier molecular flexibility index (Phi) is 3.62. The third-order valence-electron chi connectivity index (χ3n) is 3.86. The highest BCUT2D eigenvalue weighted by atomic mass is 16.5. The van der Waals surface area contributed by atoms with Crippen LogP contribution in [0.1, 0.15) is 17.9 Å². The summed E-state index contributed by atoms with van der Waals surface area (Å²) >= 11 is 0. The van der Waals surface area contributed by atoms with Gasteiger partial charge in [0.05, 0.1) is 6.61 Å². The molecular weight excluding hydrogens is 234 g/mol. The van der Waals surface area contributed by atoms with Crippen molar-refractivity contribution in [3.63, 3.8) is 0 Å². The van der Waals surface area contributed by atoms with E-state index in [0.717, 1.165) is 19.6 Å². The van der Waals surface area contributed by atoms with Gasteiger partial charge in [0.15, 0.2) is 0 Å². The minimum atomic E-state index is 0.219. The Balaban J connectivity index is 1.83. The first-order valence-electron chi connectivity index (χ1n) is 6.83. The van der Waals surface area contributed by atoms with E-state index < -0.39 is 0 Å². The Morgan fingerprint density at radius 2 is 1.58 bits per heavy atom. The lowest BCUT2D eigenvalue weighted by Crippen LogP contribution is -2.36. The molecule has 0 bridgehead atoms. The average Bonchev–Trinajstić information content (AvgIpc) is 2.49. The minimum absolute atomic E-state index is 0.219. The highest BCUT2D eigenvalue weighted by Gasteiger charge is 2.23. The van der Waals surface area contributed by atoms with Crippen molar-refractivity contribution in [2.24, 2.45) is 5.73 Å². The molecule has 1 saturated heterocycles. The zero-order valence-corrected chi connectivity index (χ0v) is 11.0. The van der Waals surface area contributed by atoms with Crippen LogP contribution in [0.2, 0.25) is 0 Å². The van der Waals surface area contributed by atoms with Crippen LogP contribution >= 0.6 is 0 Å². The molecule has 1 heterocycles. The van der Waals surface area contributed by atoms with E-state index in [9.17, 15) is 0 Å². The van der Waals surface area contributed by atoms with Crippen molar-refractivity contribution in [2.75, 3.05) is 13.2 Å². The summed E-state index contributed by atoms with van der Waals surface area (Å²) in [6.07, 6.45) is 0.950. The molecule has 0 aromatic heterocycles. The highest BCUT2D eigenvalue weighted by molar-refractivity contribution is 5.63. The van der Waals surface area contributed by atoms with Crippen molar-refractivity contribution in [1.29, 1.82) is 0 Å². The first-order valence-corrected chi connectivity index (χ1v) is 6.83. The van der Waals surface area contributed by atoms with E-state index in [-0.39, 0.29) is 6.04 Å². The van der Waals surface area contributed by atoms with Gasteiger partial charge in [-0.25, -0.2) is 0 Å². The third-order valence-corrected chi connectivity index (χ3v) is 3.86. The zero-order valence-electron chi connectivity index (χ0n) is 11.0. The largest absolute Gasteiger partial charge is 0.381 e. The van der Waals surface area contributed by atoms with Gasteiger partial charge in [-0.05, 0) is 23.1 Å². The molecular formula is C17H19NO. The number of ether oxygens (including phenoxy) is 1. The number of nitrogens with two attached hydrogens (primary N) is 1. The molecule has 0 saturated carbocycles. The molecule has 1 aliphatic heterocycles. The molecule has 0 radical (unpaired) electrons. The maximum atomic E-state index is 6.18. The van der Waals surface area contributed by atoms with Gasteiger partial charge in [-0.15, -0.1) is 0 Å². The van der Waals surface area contributed by atoms with Gasteiger partial charge in [0.1, 0.15) is 0 Å². The summed E-state index contributed by atoms with van der Waals surface area (Å²) in [6, 6.07) is 19.4. The van der Waals surface area contributed by atoms with E-state index in [2.05, 4.69) is 48.5 Å². The molecule has 1 fully saturated rings. The van der Waals surface area contributed by atoms with Crippen LogP contribution in [0.25, 0.3) is 11.1 Å². The van der Waals surface area contributed by atoms with Crippen LogP contribution in [0.15, 0.2) is 54.6 Å². The predicted octanol–water partition coefficient (Wildman–Crippen LogP) is 3.18. The Morgan fingerprint density at radius 1 is 0.895 bits per heavy atom. The molecule has 0 unspecified atom stereocenters. The molecule has 98 valence electrons. The topological polar surface area (TPSA) is 35.2 Å². The molecule has 2 aromatic carbocycles. The molecule has 0 amide bonds. The quantitative estimate of drug-likeness (QED) is 0.892. The van der Waals surface area contributed by atoms with E-state index in [0.29, 0.717) is 5.92 Å². The lowest BCUT2D eigenvalue weighted by atomic mass is 9.88. The molecule has 2 aromatic rings. The van der Waals surface area contributed by atoms with Gasteiger partial charge in [0, 0.05) is 18.6 Å². The number of hydrogen-bond acceptors (Lipinski definition) is 2. The van der Waals surface area contributed by atoms with Crippen LogP contribution < -0.4 is 5.73 Å². The normalized spacial score (nSPS) is 23.2. The second kappa shape index (κ2) is 5.55. The van der Waals surface area contributed by atoms with Crippen molar-refractivity contribution >= 4 is 0 Å². The Hall–Kier alpha value is -1.64. The van der Waals surface area contributed by atoms with Gasteiger partial charge >= 0.3 is 0 Å². The monoisotopic (exact) mass is 253 g/mol. The maximum absolute atomic E-state index is 6.18. The zero-order chi connectivity index (χ0) is 13.1. The number of benzene rings is 2. The van der Waals surface area contributed by atoms with Gasteiger partial charge in [0.25, 0.3) is 0 Å². The summed E-state index contributed by atoms with van der Waals surface area (Å²) in [5, 5.41) is 0. The molecule has 19 heavy (non-hydrogen) atoms. The van der Waals surface area contributed by atoms with Gasteiger partial charge < -0.3 is 10.5 Å². The molecule has 0 aliphatic carbocycles. The first kappa shape index (κ1) is 12.4. The summed E-state index contributed by atoms with van der Waals surface area (Å²) in [4.78, 5) is 0. The van der Waals surface area contributed by atoms with Crippen molar-refractivity contribution < 1.29 is 4.74 Å². The fourth-order valence-corrected chi connectivity index (χ4v) is 2.65. The summed E-state index contributed by atoms with van der Waals surface area (Å²) in [6.45, 7) is 1.53. The lowest BCUT2D eigenvalue weighted by Gasteiger charge is -2.29. The van der Waals surface area contributed by atoms with E-state index in [1.807, 2.05) is 6.07 Å². The molecule has 3 rings (SSSR count). The molecule has 2 atom stereocenters. The van der Waals surface area contributed by atoms with Crippen LogP contribution in [0.5, 0.6) is 0 Å². The lowest BCUT2D eigenvalue weighted by molar-refractivity contribution is 0.0691.